The van der Waals surface area contributed by atoms with E-state index in [1.54, 1.807) is 11.4 Å². The van der Waals surface area contributed by atoms with E-state index in [0.717, 1.165) is 11.3 Å². The number of aliphatic hydroxyl groups is 1. The van der Waals surface area contributed by atoms with Gasteiger partial charge in [-0.2, -0.15) is 0 Å². The number of carboxylic acids is 1. The lowest BCUT2D eigenvalue weighted by Crippen LogP contribution is -1.94. The zero-order valence-electron chi connectivity index (χ0n) is 6.07. The normalized spacial score (nSPS) is 8.75. The van der Waals surface area contributed by atoms with Gasteiger partial charge >= 0.3 is 5.97 Å². The maximum absolute atomic E-state index is 10.5. The van der Waals surface area contributed by atoms with Crippen LogP contribution >= 0.6 is 11.3 Å². The first-order chi connectivity index (χ1) is 5.75. The van der Waals surface area contributed by atoms with E-state index < -0.39 is 5.97 Å². The van der Waals surface area contributed by atoms with Gasteiger partial charge in [0, 0.05) is 5.56 Å². The van der Waals surface area contributed by atoms with Gasteiger partial charge in [-0.1, -0.05) is 11.8 Å². The summed E-state index contributed by atoms with van der Waals surface area (Å²) in [7, 11) is 0. The molecular weight excluding hydrogens is 176 g/mol. The van der Waals surface area contributed by atoms with Crippen LogP contribution in [0.5, 0.6) is 0 Å². The van der Waals surface area contributed by atoms with E-state index in [0.29, 0.717) is 5.56 Å². The Bertz CT molecular complexity index is 343. The topological polar surface area (TPSA) is 57.5 Å². The largest absolute Gasteiger partial charge is 0.477 e. The van der Waals surface area contributed by atoms with Crippen molar-refractivity contribution in [2.24, 2.45) is 0 Å². The molecule has 0 radical (unpaired) electrons. The van der Waals surface area contributed by atoms with Gasteiger partial charge in [-0.25, -0.2) is 4.79 Å². The van der Waals surface area contributed by atoms with Crippen molar-refractivity contribution < 1.29 is 15.0 Å². The number of carbonyl (C=O) groups is 1. The summed E-state index contributed by atoms with van der Waals surface area (Å²) in [6, 6.07) is 1.62. The Morgan fingerprint density at radius 3 is 3.00 bits per heavy atom. The van der Waals surface area contributed by atoms with E-state index in [-0.39, 0.29) is 11.5 Å². The molecule has 0 spiro atoms. The third kappa shape index (κ3) is 1.84. The summed E-state index contributed by atoms with van der Waals surface area (Å²) in [5, 5.41) is 18.7. The van der Waals surface area contributed by atoms with Crippen molar-refractivity contribution in [3.8, 4) is 11.8 Å². The van der Waals surface area contributed by atoms with E-state index in [9.17, 15) is 4.79 Å². The number of carboxylic acid groups (broad SMARTS) is 1. The fraction of sp³-hybridized carbons (Fsp3) is 0.125. The Kier molecular flexibility index (Phi) is 2.86. The lowest BCUT2D eigenvalue weighted by atomic mass is 10.2. The maximum atomic E-state index is 10.5. The van der Waals surface area contributed by atoms with Crippen LogP contribution in [0.3, 0.4) is 0 Å². The molecule has 1 aromatic rings. The Morgan fingerprint density at radius 1 is 1.67 bits per heavy atom. The molecule has 0 aliphatic rings. The standard InChI is InChI=1S/C8H6O3S/c9-4-1-2-6-3-5-12-7(6)8(10)11/h3,5,9H,4H2,(H,10,11). The number of hydrogen-bond acceptors (Lipinski definition) is 3. The van der Waals surface area contributed by atoms with Crippen LogP contribution < -0.4 is 0 Å². The maximum Gasteiger partial charge on any atom is 0.347 e. The summed E-state index contributed by atoms with van der Waals surface area (Å²) in [5.74, 6) is 3.97. The molecule has 1 heterocycles. The summed E-state index contributed by atoms with van der Waals surface area (Å²) < 4.78 is 0. The minimum Gasteiger partial charge on any atom is -0.477 e. The van der Waals surface area contributed by atoms with Gasteiger partial charge in [0.1, 0.15) is 11.5 Å². The van der Waals surface area contributed by atoms with E-state index in [2.05, 4.69) is 11.8 Å². The van der Waals surface area contributed by atoms with Crippen molar-refractivity contribution in [1.29, 1.82) is 0 Å². The minimum atomic E-state index is -0.979. The Labute approximate surface area is 73.3 Å². The number of aromatic carboxylic acids is 1. The quantitative estimate of drug-likeness (QED) is 0.631. The van der Waals surface area contributed by atoms with Gasteiger partial charge in [-0.15, -0.1) is 11.3 Å². The van der Waals surface area contributed by atoms with Crippen LogP contribution in [-0.2, 0) is 0 Å². The van der Waals surface area contributed by atoms with Crippen LogP contribution in [-0.4, -0.2) is 22.8 Å². The highest BCUT2D eigenvalue weighted by molar-refractivity contribution is 7.12. The summed E-state index contributed by atoms with van der Waals surface area (Å²) >= 11 is 1.12. The molecule has 0 unspecified atom stereocenters. The monoisotopic (exact) mass is 182 g/mol. The van der Waals surface area contributed by atoms with Crippen molar-refractivity contribution in [3.05, 3.63) is 21.9 Å². The smallest absolute Gasteiger partial charge is 0.347 e. The third-order valence-electron chi connectivity index (χ3n) is 1.16. The van der Waals surface area contributed by atoms with Crippen LogP contribution in [0.25, 0.3) is 0 Å². The summed E-state index contributed by atoms with van der Waals surface area (Å²) in [4.78, 5) is 10.7. The summed E-state index contributed by atoms with van der Waals surface area (Å²) in [5.41, 5.74) is 0.460. The molecule has 0 amide bonds. The molecular formula is C8H6O3S. The first-order valence-corrected chi connectivity index (χ1v) is 4.04. The molecule has 1 rings (SSSR count). The summed E-state index contributed by atoms with van der Waals surface area (Å²) in [6.45, 7) is -0.255. The molecule has 0 atom stereocenters. The lowest BCUT2D eigenvalue weighted by Gasteiger charge is -1.86. The van der Waals surface area contributed by atoms with Crippen LogP contribution in [0.2, 0.25) is 0 Å². The van der Waals surface area contributed by atoms with Crippen LogP contribution in [0.15, 0.2) is 11.4 Å². The highest BCUT2D eigenvalue weighted by atomic mass is 32.1. The van der Waals surface area contributed by atoms with Gasteiger partial charge in [0.2, 0.25) is 0 Å². The number of hydrogen-bond donors (Lipinski definition) is 2. The minimum absolute atomic E-state index is 0.218. The molecule has 0 aromatic carbocycles. The summed E-state index contributed by atoms with van der Waals surface area (Å²) in [6.07, 6.45) is 0. The highest BCUT2D eigenvalue weighted by Crippen LogP contribution is 2.14. The zero-order chi connectivity index (χ0) is 8.97. The lowest BCUT2D eigenvalue weighted by molar-refractivity contribution is 0.0702. The molecule has 62 valence electrons. The van der Waals surface area contributed by atoms with Gasteiger partial charge < -0.3 is 10.2 Å². The van der Waals surface area contributed by atoms with E-state index in [1.165, 1.54) is 0 Å². The molecule has 0 saturated heterocycles. The zero-order valence-corrected chi connectivity index (χ0v) is 6.89. The SMILES string of the molecule is O=C(O)c1sccc1C#CCO. The average molecular weight is 182 g/mol. The predicted molar refractivity (Wildman–Crippen MR) is 45.2 cm³/mol. The van der Waals surface area contributed by atoms with Crippen LogP contribution in [0, 0.1) is 11.8 Å². The first kappa shape index (κ1) is 8.78. The van der Waals surface area contributed by atoms with Crippen molar-refractivity contribution >= 4 is 17.3 Å². The van der Waals surface area contributed by atoms with Gasteiger partial charge in [-0.3, -0.25) is 0 Å². The predicted octanol–water partition coefficient (Wildman–Crippen LogP) is 0.790. The van der Waals surface area contributed by atoms with E-state index in [1.807, 2.05) is 0 Å². The third-order valence-corrected chi connectivity index (χ3v) is 2.06. The number of aliphatic hydroxyl groups excluding tert-OH is 1. The Hall–Kier alpha value is -1.31. The van der Waals surface area contributed by atoms with E-state index in [4.69, 9.17) is 10.2 Å². The molecule has 0 aliphatic heterocycles. The van der Waals surface area contributed by atoms with Crippen molar-refractivity contribution in [1.82, 2.24) is 0 Å². The molecule has 0 aliphatic carbocycles. The average Bonchev–Trinajstić information content (AvgIpc) is 2.48. The fourth-order valence-electron chi connectivity index (χ4n) is 0.708. The molecule has 1 aromatic heterocycles. The molecule has 12 heavy (non-hydrogen) atoms. The molecule has 3 nitrogen and oxygen atoms in total. The van der Waals surface area contributed by atoms with Gasteiger partial charge in [0.15, 0.2) is 0 Å². The van der Waals surface area contributed by atoms with Crippen molar-refractivity contribution in [2.45, 2.75) is 0 Å². The fourth-order valence-corrected chi connectivity index (χ4v) is 1.40. The highest BCUT2D eigenvalue weighted by Gasteiger charge is 2.08. The van der Waals surface area contributed by atoms with Gasteiger partial charge in [-0.05, 0) is 11.4 Å². The number of rotatable bonds is 1. The molecule has 0 fully saturated rings. The van der Waals surface area contributed by atoms with Crippen molar-refractivity contribution in [2.75, 3.05) is 6.61 Å². The second kappa shape index (κ2) is 3.90. The van der Waals surface area contributed by atoms with Gasteiger partial charge in [0.05, 0.1) is 0 Å². The Morgan fingerprint density at radius 2 is 2.42 bits per heavy atom. The molecule has 2 N–H and O–H groups in total. The van der Waals surface area contributed by atoms with Crippen molar-refractivity contribution in [3.63, 3.8) is 0 Å². The van der Waals surface area contributed by atoms with E-state index >= 15 is 0 Å². The van der Waals surface area contributed by atoms with Crippen LogP contribution in [0.1, 0.15) is 15.2 Å². The van der Waals surface area contributed by atoms with Gasteiger partial charge in [0.25, 0.3) is 0 Å². The van der Waals surface area contributed by atoms with Crippen LogP contribution in [0.4, 0.5) is 0 Å². The second-order valence-electron chi connectivity index (χ2n) is 1.93. The second-order valence-corrected chi connectivity index (χ2v) is 2.84. The molecule has 0 saturated carbocycles. The molecule has 0 bridgehead atoms. The number of thiophene rings is 1. The molecule has 4 heteroatoms. The first-order valence-electron chi connectivity index (χ1n) is 3.16. The Balaban J connectivity index is 2.99.